The van der Waals surface area contributed by atoms with Crippen LogP contribution in [0, 0.1) is 0 Å². The second kappa shape index (κ2) is 7.63. The summed E-state index contributed by atoms with van der Waals surface area (Å²) in [4.78, 5) is 14.2. The van der Waals surface area contributed by atoms with Crippen LogP contribution in [0.2, 0.25) is 0 Å². The van der Waals surface area contributed by atoms with Crippen molar-refractivity contribution in [2.75, 3.05) is 39.3 Å². The summed E-state index contributed by atoms with van der Waals surface area (Å²) < 4.78 is 5.41. The van der Waals surface area contributed by atoms with Crippen LogP contribution in [0.1, 0.15) is 20.8 Å². The molecule has 1 amide bonds. The normalized spacial score (nSPS) is 22.5. The van der Waals surface area contributed by atoms with Gasteiger partial charge in [0.05, 0.1) is 6.61 Å². The minimum Gasteiger partial charge on any atom is -0.366 e. The van der Waals surface area contributed by atoms with E-state index in [1.54, 1.807) is 0 Å². The Morgan fingerprint density at radius 1 is 1.53 bits per heavy atom. The predicted molar refractivity (Wildman–Crippen MR) is 68.0 cm³/mol. The number of amides is 1. The summed E-state index contributed by atoms with van der Waals surface area (Å²) in [5, 5.41) is 6.16. The molecule has 0 aromatic rings. The van der Waals surface area contributed by atoms with Crippen LogP contribution in [-0.2, 0) is 9.53 Å². The fraction of sp³-hybridized carbons (Fsp3) is 0.917. The van der Waals surface area contributed by atoms with Gasteiger partial charge >= 0.3 is 0 Å². The molecule has 1 rings (SSSR count). The molecule has 5 nitrogen and oxygen atoms in total. The van der Waals surface area contributed by atoms with Crippen LogP contribution >= 0.6 is 0 Å². The van der Waals surface area contributed by atoms with Gasteiger partial charge in [0.15, 0.2) is 0 Å². The molecule has 2 unspecified atom stereocenters. The largest absolute Gasteiger partial charge is 0.366 e. The quantitative estimate of drug-likeness (QED) is 0.679. The molecule has 0 spiro atoms. The summed E-state index contributed by atoms with van der Waals surface area (Å²) in [6, 6.07) is 0.160. The lowest BCUT2D eigenvalue weighted by molar-refractivity contribution is -0.134. The molecule has 1 heterocycles. The van der Waals surface area contributed by atoms with E-state index >= 15 is 0 Å². The van der Waals surface area contributed by atoms with E-state index < -0.39 is 0 Å². The van der Waals surface area contributed by atoms with E-state index in [-0.39, 0.29) is 18.1 Å². The first-order chi connectivity index (χ1) is 8.17. The van der Waals surface area contributed by atoms with Crippen LogP contribution in [0.25, 0.3) is 0 Å². The Morgan fingerprint density at radius 3 is 2.76 bits per heavy atom. The van der Waals surface area contributed by atoms with Crippen molar-refractivity contribution in [3.8, 4) is 0 Å². The number of carbonyl (C=O) groups excluding carboxylic acids is 1. The van der Waals surface area contributed by atoms with E-state index in [0.29, 0.717) is 13.2 Å². The molecule has 2 atom stereocenters. The van der Waals surface area contributed by atoms with Gasteiger partial charge < -0.3 is 20.3 Å². The number of hydrogen-bond donors (Lipinski definition) is 2. The van der Waals surface area contributed by atoms with Crippen molar-refractivity contribution >= 4 is 5.91 Å². The summed E-state index contributed by atoms with van der Waals surface area (Å²) in [7, 11) is 0. The third kappa shape index (κ3) is 5.02. The summed E-state index contributed by atoms with van der Waals surface area (Å²) in [6.07, 6.45) is -0.331. The molecule has 0 bridgehead atoms. The van der Waals surface area contributed by atoms with E-state index in [2.05, 4.69) is 29.4 Å². The highest BCUT2D eigenvalue weighted by Crippen LogP contribution is 1.98. The van der Waals surface area contributed by atoms with E-state index in [1.807, 2.05) is 6.92 Å². The lowest BCUT2D eigenvalue weighted by atomic mass is 10.2. The molecule has 0 aromatic heterocycles. The van der Waals surface area contributed by atoms with Gasteiger partial charge in [-0.05, 0) is 20.0 Å². The highest BCUT2D eigenvalue weighted by molar-refractivity contribution is 5.81. The van der Waals surface area contributed by atoms with Crippen molar-refractivity contribution in [2.45, 2.75) is 32.9 Å². The summed E-state index contributed by atoms with van der Waals surface area (Å²) in [5.41, 5.74) is 0. The van der Waals surface area contributed by atoms with Gasteiger partial charge in [-0.2, -0.15) is 0 Å². The van der Waals surface area contributed by atoms with Crippen LogP contribution < -0.4 is 10.6 Å². The number of carbonyl (C=O) groups is 1. The van der Waals surface area contributed by atoms with Gasteiger partial charge in [-0.25, -0.2) is 0 Å². The molecule has 1 fully saturated rings. The molecule has 17 heavy (non-hydrogen) atoms. The molecule has 0 radical (unpaired) electrons. The average molecular weight is 243 g/mol. The maximum Gasteiger partial charge on any atom is 0.250 e. The summed E-state index contributed by atoms with van der Waals surface area (Å²) in [5.74, 6) is -0.00291. The Hall–Kier alpha value is -0.650. The first-order valence-corrected chi connectivity index (χ1v) is 6.52. The maximum absolute atomic E-state index is 11.9. The Morgan fingerprint density at radius 2 is 2.24 bits per heavy atom. The Bertz CT molecular complexity index is 226. The first-order valence-electron chi connectivity index (χ1n) is 6.52. The smallest absolute Gasteiger partial charge is 0.250 e. The third-order valence-corrected chi connectivity index (χ3v) is 3.04. The van der Waals surface area contributed by atoms with Gasteiger partial charge in [0.25, 0.3) is 5.91 Å². The molecule has 1 aliphatic heterocycles. The van der Waals surface area contributed by atoms with Gasteiger partial charge in [-0.3, -0.25) is 4.79 Å². The van der Waals surface area contributed by atoms with Gasteiger partial charge in [0, 0.05) is 25.7 Å². The number of hydrogen-bond acceptors (Lipinski definition) is 4. The van der Waals surface area contributed by atoms with Gasteiger partial charge in [0.1, 0.15) is 6.10 Å². The Kier molecular flexibility index (Phi) is 6.47. The fourth-order valence-electron chi connectivity index (χ4n) is 1.98. The SMILES string of the molecule is CCN(CC)CC(C)NC(=O)C1CNCCO1. The standard InChI is InChI=1S/C12H25N3O2/c1-4-15(5-2)9-10(3)14-12(16)11-8-13-6-7-17-11/h10-11,13H,4-9H2,1-3H3,(H,14,16). The monoisotopic (exact) mass is 243 g/mol. The van der Waals surface area contributed by atoms with Gasteiger partial charge in [0.2, 0.25) is 0 Å². The molecule has 0 aromatic carbocycles. The van der Waals surface area contributed by atoms with Crippen LogP contribution in [0.4, 0.5) is 0 Å². The van der Waals surface area contributed by atoms with Crippen molar-refractivity contribution in [3.63, 3.8) is 0 Å². The van der Waals surface area contributed by atoms with E-state index in [4.69, 9.17) is 4.74 Å². The number of nitrogens with zero attached hydrogens (tertiary/aromatic N) is 1. The van der Waals surface area contributed by atoms with E-state index in [1.165, 1.54) is 0 Å². The lowest BCUT2D eigenvalue weighted by Gasteiger charge is -2.27. The second-order valence-electron chi connectivity index (χ2n) is 4.46. The minimum atomic E-state index is -0.331. The molecule has 5 heteroatoms. The first kappa shape index (κ1) is 14.4. The predicted octanol–water partition coefficient (Wildman–Crippen LogP) is -0.179. The molecule has 2 N–H and O–H groups in total. The van der Waals surface area contributed by atoms with Gasteiger partial charge in [-0.1, -0.05) is 13.8 Å². The lowest BCUT2D eigenvalue weighted by Crippen LogP contribution is -2.51. The van der Waals surface area contributed by atoms with Crippen LogP contribution in [0.15, 0.2) is 0 Å². The summed E-state index contributed by atoms with van der Waals surface area (Å²) >= 11 is 0. The van der Waals surface area contributed by atoms with Crippen molar-refractivity contribution in [1.82, 2.24) is 15.5 Å². The molecular weight excluding hydrogens is 218 g/mol. The molecule has 0 aliphatic carbocycles. The number of morpholine rings is 1. The zero-order valence-corrected chi connectivity index (χ0v) is 11.2. The Balaban J connectivity index is 2.29. The molecule has 100 valence electrons. The number of ether oxygens (including phenoxy) is 1. The van der Waals surface area contributed by atoms with E-state index in [9.17, 15) is 4.79 Å². The number of likely N-dealkylation sites (N-methyl/N-ethyl adjacent to an activating group) is 1. The zero-order valence-electron chi connectivity index (χ0n) is 11.2. The highest BCUT2D eigenvalue weighted by atomic mass is 16.5. The third-order valence-electron chi connectivity index (χ3n) is 3.04. The molecule has 1 saturated heterocycles. The van der Waals surface area contributed by atoms with Crippen LogP contribution in [0.5, 0.6) is 0 Å². The van der Waals surface area contributed by atoms with Crippen molar-refractivity contribution < 1.29 is 9.53 Å². The highest BCUT2D eigenvalue weighted by Gasteiger charge is 2.23. The minimum absolute atomic E-state index is 0.00291. The zero-order chi connectivity index (χ0) is 12.7. The number of nitrogens with one attached hydrogen (secondary N) is 2. The van der Waals surface area contributed by atoms with Gasteiger partial charge in [-0.15, -0.1) is 0 Å². The second-order valence-corrected chi connectivity index (χ2v) is 4.46. The van der Waals surface area contributed by atoms with Crippen molar-refractivity contribution in [1.29, 1.82) is 0 Å². The number of rotatable bonds is 6. The fourth-order valence-corrected chi connectivity index (χ4v) is 1.98. The van der Waals surface area contributed by atoms with Crippen molar-refractivity contribution in [3.05, 3.63) is 0 Å². The molecule has 1 aliphatic rings. The topological polar surface area (TPSA) is 53.6 Å². The molecular formula is C12H25N3O2. The Labute approximate surface area is 104 Å². The van der Waals surface area contributed by atoms with Crippen molar-refractivity contribution in [2.24, 2.45) is 0 Å². The van der Waals surface area contributed by atoms with Crippen LogP contribution in [0.3, 0.4) is 0 Å². The van der Waals surface area contributed by atoms with Crippen LogP contribution in [-0.4, -0.2) is 62.3 Å². The maximum atomic E-state index is 11.9. The van der Waals surface area contributed by atoms with E-state index in [0.717, 1.165) is 26.2 Å². The average Bonchev–Trinajstić information content (AvgIpc) is 2.37. The summed E-state index contributed by atoms with van der Waals surface area (Å²) in [6.45, 7) is 11.3. The molecule has 0 saturated carbocycles.